The zero-order chi connectivity index (χ0) is 32.8. The Balaban J connectivity index is 1.15. The Morgan fingerprint density at radius 2 is 1.77 bits per heavy atom. The molecule has 47 heavy (non-hydrogen) atoms. The molecule has 3 aromatic rings. The molecule has 0 bridgehead atoms. The second kappa shape index (κ2) is 15.5. The SMILES string of the molecule is COc1ccc(S(=O)(=O)N(CCO)CCO[C@H]2C[C@@H](c3csc4ccccc34)C=C(C(=O)N3CCC(N4CCCCC4)CC3)O2)cc1. The standard InChI is InChI=1S/C35H45N3O7S2/c1-43-28-9-11-29(12-10-28)47(41,42)38(19-21-39)20-22-44-34-24-26(31-25-46-33-8-4-3-7-30(31)33)23-32(45-34)35(40)37-17-13-27(14-18-37)36-15-5-2-6-16-36/h3-4,7-12,23,25-27,34,39H,2,5-6,13-22,24H2,1H3/t26-,34+/m0/s1. The van der Waals surface area contributed by atoms with Crippen LogP contribution >= 0.6 is 11.3 Å². The summed E-state index contributed by atoms with van der Waals surface area (Å²) in [7, 11) is -2.37. The Morgan fingerprint density at radius 1 is 1.02 bits per heavy atom. The maximum Gasteiger partial charge on any atom is 0.288 e. The van der Waals surface area contributed by atoms with Crippen LogP contribution in [-0.4, -0.2) is 105 Å². The van der Waals surface area contributed by atoms with Crippen molar-refractivity contribution in [3.8, 4) is 5.75 Å². The topological polar surface area (TPSA) is 109 Å². The van der Waals surface area contributed by atoms with E-state index in [0.29, 0.717) is 31.3 Å². The summed E-state index contributed by atoms with van der Waals surface area (Å²) in [4.78, 5) is 18.5. The van der Waals surface area contributed by atoms with Crippen molar-refractivity contribution in [3.05, 3.63) is 71.3 Å². The van der Waals surface area contributed by atoms with Crippen LogP contribution in [0.3, 0.4) is 0 Å². The molecular weight excluding hydrogens is 639 g/mol. The highest BCUT2D eigenvalue weighted by molar-refractivity contribution is 7.89. The molecule has 0 spiro atoms. The third-order valence-corrected chi connectivity index (χ3v) is 12.4. The number of thiophene rings is 1. The van der Waals surface area contributed by atoms with Gasteiger partial charge in [-0.2, -0.15) is 4.31 Å². The first kappa shape index (κ1) is 33.9. The van der Waals surface area contributed by atoms with E-state index in [0.717, 1.165) is 36.9 Å². The lowest BCUT2D eigenvalue weighted by atomic mass is 9.92. The minimum Gasteiger partial charge on any atom is -0.497 e. The van der Waals surface area contributed by atoms with Crippen LogP contribution in [0, 0.1) is 0 Å². The van der Waals surface area contributed by atoms with E-state index in [1.54, 1.807) is 23.5 Å². The van der Waals surface area contributed by atoms with E-state index in [4.69, 9.17) is 14.2 Å². The van der Waals surface area contributed by atoms with Crippen molar-refractivity contribution in [3.63, 3.8) is 0 Å². The highest BCUT2D eigenvalue weighted by Gasteiger charge is 2.35. The Hall–Kier alpha value is -3.00. The van der Waals surface area contributed by atoms with Crippen molar-refractivity contribution < 1.29 is 32.5 Å². The lowest BCUT2D eigenvalue weighted by Crippen LogP contribution is -2.49. The fourth-order valence-corrected chi connectivity index (χ4v) is 9.37. The summed E-state index contributed by atoms with van der Waals surface area (Å²) in [6.07, 6.45) is 7.42. The predicted octanol–water partition coefficient (Wildman–Crippen LogP) is 4.80. The average Bonchev–Trinajstić information content (AvgIpc) is 3.56. The summed E-state index contributed by atoms with van der Waals surface area (Å²) in [5.74, 6) is 0.611. The Labute approximate surface area is 281 Å². The van der Waals surface area contributed by atoms with Crippen LogP contribution in [-0.2, 0) is 24.3 Å². The monoisotopic (exact) mass is 683 g/mol. The van der Waals surface area contributed by atoms with Gasteiger partial charge in [0, 0.05) is 49.3 Å². The van der Waals surface area contributed by atoms with Crippen molar-refractivity contribution in [2.24, 2.45) is 0 Å². The number of aliphatic hydroxyl groups excluding tert-OH is 1. The van der Waals surface area contributed by atoms with Gasteiger partial charge in [-0.05, 0) is 91.5 Å². The number of carbonyl (C=O) groups excluding carboxylic acids is 1. The molecule has 1 aromatic heterocycles. The number of amides is 1. The summed E-state index contributed by atoms with van der Waals surface area (Å²) in [6.45, 7) is 3.31. The van der Waals surface area contributed by atoms with Gasteiger partial charge >= 0.3 is 0 Å². The molecule has 1 amide bonds. The molecule has 12 heteroatoms. The molecule has 0 saturated carbocycles. The molecule has 254 valence electrons. The molecule has 2 aromatic carbocycles. The number of benzene rings is 2. The van der Waals surface area contributed by atoms with Crippen molar-refractivity contribution in [2.45, 2.75) is 61.7 Å². The zero-order valence-electron chi connectivity index (χ0n) is 27.0. The van der Waals surface area contributed by atoms with Crippen LogP contribution in [0.25, 0.3) is 10.1 Å². The van der Waals surface area contributed by atoms with Gasteiger partial charge in [-0.25, -0.2) is 8.42 Å². The van der Waals surface area contributed by atoms with Gasteiger partial charge in [0.05, 0.1) is 25.2 Å². The normalized spacial score (nSPS) is 21.5. The molecule has 0 unspecified atom stereocenters. The molecule has 3 aliphatic heterocycles. The second-order valence-corrected chi connectivity index (χ2v) is 15.3. The summed E-state index contributed by atoms with van der Waals surface area (Å²) < 4.78 is 46.8. The third kappa shape index (κ3) is 7.84. The molecule has 10 nitrogen and oxygen atoms in total. The molecule has 3 aliphatic rings. The first-order valence-corrected chi connectivity index (χ1v) is 18.9. The van der Waals surface area contributed by atoms with E-state index in [9.17, 15) is 18.3 Å². The summed E-state index contributed by atoms with van der Waals surface area (Å²) >= 11 is 1.67. The van der Waals surface area contributed by atoms with Crippen molar-refractivity contribution in [1.29, 1.82) is 0 Å². The number of rotatable bonds is 12. The number of piperidine rings is 2. The van der Waals surface area contributed by atoms with E-state index < -0.39 is 16.3 Å². The Morgan fingerprint density at radius 3 is 2.49 bits per heavy atom. The van der Waals surface area contributed by atoms with Gasteiger partial charge in [0.2, 0.25) is 16.3 Å². The van der Waals surface area contributed by atoms with Crippen molar-refractivity contribution in [1.82, 2.24) is 14.1 Å². The molecule has 2 fully saturated rings. The smallest absolute Gasteiger partial charge is 0.288 e. The lowest BCUT2D eigenvalue weighted by molar-refractivity contribution is -0.153. The van der Waals surface area contributed by atoms with Crippen LogP contribution in [0.1, 0.15) is 50.0 Å². The molecule has 1 N–H and O–H groups in total. The average molecular weight is 684 g/mol. The van der Waals surface area contributed by atoms with E-state index in [2.05, 4.69) is 22.4 Å². The molecule has 0 radical (unpaired) electrons. The number of nitrogens with zero attached hydrogens (tertiary/aromatic N) is 3. The molecule has 0 aliphatic carbocycles. The van der Waals surface area contributed by atoms with Gasteiger partial charge in [0.25, 0.3) is 5.91 Å². The van der Waals surface area contributed by atoms with Gasteiger partial charge in [0.15, 0.2) is 5.76 Å². The predicted molar refractivity (Wildman–Crippen MR) is 182 cm³/mol. The van der Waals surface area contributed by atoms with Crippen LogP contribution in [0.5, 0.6) is 5.75 Å². The quantitative estimate of drug-likeness (QED) is 0.290. The molecule has 6 rings (SSSR count). The maximum absolute atomic E-state index is 13.9. The largest absolute Gasteiger partial charge is 0.497 e. The number of likely N-dealkylation sites (tertiary alicyclic amines) is 2. The van der Waals surface area contributed by atoms with Crippen LogP contribution in [0.2, 0.25) is 0 Å². The van der Waals surface area contributed by atoms with Gasteiger partial charge in [-0.15, -0.1) is 11.3 Å². The van der Waals surface area contributed by atoms with Gasteiger partial charge in [0.1, 0.15) is 5.75 Å². The number of ether oxygens (including phenoxy) is 3. The summed E-state index contributed by atoms with van der Waals surface area (Å²) in [5.41, 5.74) is 1.13. The number of carbonyl (C=O) groups is 1. The van der Waals surface area contributed by atoms with Crippen LogP contribution < -0.4 is 4.74 Å². The molecule has 4 heterocycles. The highest BCUT2D eigenvalue weighted by Crippen LogP contribution is 2.39. The number of hydrogen-bond donors (Lipinski definition) is 1. The fraction of sp³-hybridized carbons (Fsp3) is 0.514. The minimum absolute atomic E-state index is 0.0117. The number of fused-ring (bicyclic) bond motifs is 1. The van der Waals surface area contributed by atoms with Crippen LogP contribution in [0.15, 0.2) is 70.6 Å². The van der Waals surface area contributed by atoms with Gasteiger partial charge in [-0.3, -0.25) is 4.79 Å². The van der Waals surface area contributed by atoms with Crippen LogP contribution in [0.4, 0.5) is 0 Å². The maximum atomic E-state index is 13.9. The Bertz CT molecular complexity index is 1630. The fourth-order valence-electron chi connectivity index (χ4n) is 6.93. The molecule has 2 saturated heterocycles. The number of methoxy groups -OCH3 is 1. The van der Waals surface area contributed by atoms with E-state index in [1.165, 1.54) is 47.5 Å². The summed E-state index contributed by atoms with van der Waals surface area (Å²) in [5, 5.41) is 13.0. The summed E-state index contributed by atoms with van der Waals surface area (Å²) in [6, 6.07) is 14.9. The second-order valence-electron chi connectivity index (χ2n) is 12.4. The number of allylic oxidation sites excluding steroid dienone is 1. The highest BCUT2D eigenvalue weighted by atomic mass is 32.2. The number of sulfonamides is 1. The van der Waals surface area contributed by atoms with Crippen molar-refractivity contribution >= 4 is 37.4 Å². The minimum atomic E-state index is -3.89. The van der Waals surface area contributed by atoms with Gasteiger partial charge in [-0.1, -0.05) is 24.6 Å². The molecular formula is C35H45N3O7S2. The number of aliphatic hydroxyl groups is 1. The zero-order valence-corrected chi connectivity index (χ0v) is 28.6. The van der Waals surface area contributed by atoms with E-state index in [1.807, 2.05) is 23.1 Å². The van der Waals surface area contributed by atoms with E-state index in [-0.39, 0.29) is 48.8 Å². The first-order chi connectivity index (χ1) is 22.9. The lowest BCUT2D eigenvalue weighted by Gasteiger charge is -2.40. The third-order valence-electron chi connectivity index (χ3n) is 9.53. The molecule has 2 atom stereocenters. The Kier molecular flexibility index (Phi) is 11.2. The van der Waals surface area contributed by atoms with Crippen molar-refractivity contribution in [2.75, 3.05) is 59.6 Å². The van der Waals surface area contributed by atoms with Gasteiger partial charge < -0.3 is 29.1 Å². The first-order valence-electron chi connectivity index (χ1n) is 16.6. The number of hydrogen-bond acceptors (Lipinski definition) is 9. The van der Waals surface area contributed by atoms with E-state index >= 15 is 0 Å².